The molecule has 0 spiro atoms. The number of halogens is 1. The highest BCUT2D eigenvalue weighted by molar-refractivity contribution is 8.02. The summed E-state index contributed by atoms with van der Waals surface area (Å²) in [6, 6.07) is 2.35. The molecule has 7 N–H and O–H groups in total. The Morgan fingerprint density at radius 2 is 1.70 bits per heavy atom. The van der Waals surface area contributed by atoms with Crippen LogP contribution in [0.4, 0.5) is 5.69 Å². The maximum atomic E-state index is 14.5. The summed E-state index contributed by atoms with van der Waals surface area (Å²) in [5.41, 5.74) is -1.12. The smallest absolute Gasteiger partial charge is 0.328 e. The fraction of sp³-hybridized carbons (Fsp3) is 0.639. The second kappa shape index (κ2) is 34.0. The maximum absolute atomic E-state index is 14.5. The van der Waals surface area contributed by atoms with Crippen molar-refractivity contribution < 1.29 is 86.8 Å². The van der Waals surface area contributed by atoms with Crippen molar-refractivity contribution >= 4 is 76.4 Å². The quantitative estimate of drug-likeness (QED) is 0.0110. The summed E-state index contributed by atoms with van der Waals surface area (Å²) in [5, 5.41) is 42.7. The Hall–Kier alpha value is -5.82. The number of carbonyl (C=O) groups is 8. The van der Waals surface area contributed by atoms with Crippen LogP contribution in [0.15, 0.2) is 61.2 Å². The first-order chi connectivity index (χ1) is 42.0. The van der Waals surface area contributed by atoms with Gasteiger partial charge in [-0.25, -0.2) is 10.1 Å². The lowest BCUT2D eigenvalue weighted by molar-refractivity contribution is -0.271. The summed E-state index contributed by atoms with van der Waals surface area (Å²) in [5.74, 6) is -3.93. The molecule has 1 aromatic rings. The van der Waals surface area contributed by atoms with Crippen LogP contribution >= 0.6 is 23.4 Å². The zero-order valence-corrected chi connectivity index (χ0v) is 54.3. The molecule has 2 unspecified atom stereocenters. The summed E-state index contributed by atoms with van der Waals surface area (Å²) in [7, 11) is 5.89. The van der Waals surface area contributed by atoms with Crippen LogP contribution in [0.3, 0.4) is 0 Å². The van der Waals surface area contributed by atoms with Crippen LogP contribution < -0.4 is 30.9 Å². The van der Waals surface area contributed by atoms with Crippen molar-refractivity contribution in [3.05, 3.63) is 71.8 Å². The Labute approximate surface area is 530 Å². The monoisotopic (exact) mass is 1290 g/mol. The van der Waals surface area contributed by atoms with E-state index in [-0.39, 0.29) is 121 Å². The highest BCUT2D eigenvalue weighted by Crippen LogP contribution is 2.49. The minimum Gasteiger partial charge on any atom is -0.495 e. The van der Waals surface area contributed by atoms with Gasteiger partial charge < -0.3 is 73.8 Å². The fourth-order valence-corrected chi connectivity index (χ4v) is 12.4. The highest BCUT2D eigenvalue weighted by Gasteiger charge is 2.64. The van der Waals surface area contributed by atoms with E-state index in [4.69, 9.17) is 44.8 Å². The average molecular weight is 1290 g/mol. The number of benzene rings is 1. The largest absolute Gasteiger partial charge is 0.495 e. The topological polar surface area (TPSA) is 326 Å². The number of likely N-dealkylation sites (N-methyl/N-ethyl adjacent to an activating group) is 1. The number of carbonyl (C=O) groups excluding carboxylic acids is 8. The van der Waals surface area contributed by atoms with Gasteiger partial charge in [-0.3, -0.25) is 43.8 Å². The van der Waals surface area contributed by atoms with Gasteiger partial charge in [0.15, 0.2) is 5.72 Å². The number of aliphatic hydroxyl groups excluding tert-OH is 2. The van der Waals surface area contributed by atoms with Crippen LogP contribution in [0.25, 0.3) is 0 Å². The van der Waals surface area contributed by atoms with Crippen molar-refractivity contribution in [1.29, 1.82) is 0 Å². The van der Waals surface area contributed by atoms with Crippen LogP contribution in [0.5, 0.6) is 5.75 Å². The zero-order chi connectivity index (χ0) is 66.0. The van der Waals surface area contributed by atoms with Crippen molar-refractivity contribution in [1.82, 2.24) is 36.0 Å². The molecule has 3 fully saturated rings. The summed E-state index contributed by atoms with van der Waals surface area (Å²) >= 11 is 8.02. The Kier molecular flexibility index (Phi) is 28.2. The van der Waals surface area contributed by atoms with Gasteiger partial charge in [-0.1, -0.05) is 69.3 Å². The summed E-state index contributed by atoms with van der Waals surface area (Å²) in [6.45, 7) is 18.8. The minimum absolute atomic E-state index is 0.00973. The van der Waals surface area contributed by atoms with Gasteiger partial charge in [0.2, 0.25) is 47.8 Å². The van der Waals surface area contributed by atoms with Crippen molar-refractivity contribution in [3.63, 3.8) is 0 Å². The van der Waals surface area contributed by atoms with Crippen molar-refractivity contribution in [2.24, 2.45) is 5.92 Å². The van der Waals surface area contributed by atoms with Gasteiger partial charge in [-0.15, -0.1) is 11.8 Å². The highest BCUT2D eigenvalue weighted by atomic mass is 35.5. The van der Waals surface area contributed by atoms with Gasteiger partial charge in [0.05, 0.1) is 69.6 Å². The molecule has 7 amide bonds. The van der Waals surface area contributed by atoms with Crippen LogP contribution in [-0.4, -0.2) is 236 Å². The molecule has 496 valence electrons. The molecule has 11 atom stereocenters. The second-order valence-electron chi connectivity index (χ2n) is 23.2. The van der Waals surface area contributed by atoms with E-state index in [1.165, 1.54) is 60.7 Å². The van der Waals surface area contributed by atoms with E-state index in [1.807, 2.05) is 13.0 Å². The first-order valence-electron chi connectivity index (χ1n) is 29.6. The lowest BCUT2D eigenvalue weighted by Crippen LogP contribution is -2.65. The predicted molar refractivity (Wildman–Crippen MR) is 331 cm³/mol. The number of methoxy groups -OCH3 is 2. The molecule has 0 aliphatic carbocycles. The molecule has 3 saturated heterocycles. The van der Waals surface area contributed by atoms with E-state index in [0.29, 0.717) is 17.9 Å². The number of anilines is 1. The summed E-state index contributed by atoms with van der Waals surface area (Å²) in [6.07, 6.45) is 0.928. The maximum Gasteiger partial charge on any atom is 0.328 e. The molecule has 0 saturated carbocycles. The molecule has 89 heavy (non-hydrogen) atoms. The van der Waals surface area contributed by atoms with Gasteiger partial charge in [-0.05, 0) is 57.0 Å². The summed E-state index contributed by atoms with van der Waals surface area (Å²) in [4.78, 5) is 112. The number of hydrogen-bond donors (Lipinski definition) is 7. The number of ether oxygens (including phenoxy) is 7. The standard InChI is InChI=1S/C61H91ClN8O18S/c1-13-47(71)63-20-23-69(24-21-64-48(72)14-2)50(74)19-18-49(73)65-22-26-84-28-29-85-27-25-70-52(76)33-44(56(70)78)89-59(6,7)36-53(77)67(9)39(5)57(79)87-46-34-51(75)68(10)41-31-40(32-42(82-11)54(41)62)30-37(3)16-15-17-45(83-12)61(81)35-43(86-58(80)66-61)38(4)55-60(46,8)88-55/h13-17,31-32,38-39,43-47,55,58,63,66,71,80-81H,1-2,18-30,33-36H2,3-12H3,(H,64,72)(H,65,73)/b17-15+,37-16+/t38-,39+,43+,44+,45-,46+,47?,55+,58?,60+,61+/m1/s1. The van der Waals surface area contributed by atoms with E-state index < -0.39 is 106 Å². The number of nitrogens with one attached hydrogen (secondary N) is 4. The molecule has 26 nitrogen and oxygen atoms in total. The Morgan fingerprint density at radius 1 is 1.00 bits per heavy atom. The number of epoxide rings is 1. The third-order valence-electron chi connectivity index (χ3n) is 16.0. The lowest BCUT2D eigenvalue weighted by Gasteiger charge is -2.44. The van der Waals surface area contributed by atoms with Gasteiger partial charge >= 0.3 is 5.97 Å². The van der Waals surface area contributed by atoms with E-state index in [2.05, 4.69) is 34.4 Å². The number of allylic oxidation sites excluding steroid dienone is 3. The number of imide groups is 1. The van der Waals surface area contributed by atoms with Crippen molar-refractivity contribution in [2.75, 3.05) is 98.9 Å². The number of esters is 1. The fourth-order valence-electron chi connectivity index (χ4n) is 10.6. The number of fused-ring (bicyclic) bond motifs is 5. The van der Waals surface area contributed by atoms with Gasteiger partial charge in [0.1, 0.15) is 40.9 Å². The number of nitrogens with zero attached hydrogens (tertiary/aromatic N) is 4. The average Bonchev–Trinajstić information content (AvgIpc) is 1.61. The molecule has 0 radical (unpaired) electrons. The zero-order valence-electron chi connectivity index (χ0n) is 52.7. The molecular formula is C61H91ClN8O18S. The molecule has 4 aliphatic heterocycles. The Balaban J connectivity index is 1.12. The molecule has 4 bridgehead atoms. The number of aliphatic hydroxyl groups is 3. The van der Waals surface area contributed by atoms with Crippen LogP contribution in [-0.2, 0) is 73.2 Å². The van der Waals surface area contributed by atoms with Crippen LogP contribution in [0.1, 0.15) is 85.6 Å². The Bertz CT molecular complexity index is 2760. The number of thioether (sulfide) groups is 1. The van der Waals surface area contributed by atoms with E-state index in [1.54, 1.807) is 59.0 Å². The van der Waals surface area contributed by atoms with Crippen LogP contribution in [0, 0.1) is 5.92 Å². The SMILES string of the molecule is C=CC(=O)NCCN(CCNC(O)C=C)C(=O)CCC(=O)NCCOCCOCCN1C(=O)C[C@H](SC(C)(C)CC(=O)N(C)[C@@H](C)C(=O)O[C@H]2CC(=O)N(C)c3cc(cc(OC)c3Cl)C/C(C)=C/C=C/[C@@H](OC)[C@@]3(O)C[C@H](OC(O)N3)[C@@H](C)[C@@H]3O[C@@]23C)C1=O. The molecule has 1 aromatic carbocycles. The second-order valence-corrected chi connectivity index (χ2v) is 25.5. The van der Waals surface area contributed by atoms with Gasteiger partial charge in [-0.2, -0.15) is 0 Å². The van der Waals surface area contributed by atoms with E-state index in [9.17, 15) is 53.7 Å². The number of hydrogen-bond acceptors (Lipinski definition) is 21. The third-order valence-corrected chi connectivity index (χ3v) is 17.8. The van der Waals surface area contributed by atoms with Gasteiger partial charge in [0.25, 0.3) is 0 Å². The summed E-state index contributed by atoms with van der Waals surface area (Å²) < 4.78 is 40.1. The minimum atomic E-state index is -1.80. The van der Waals surface area contributed by atoms with E-state index in [0.717, 1.165) is 22.1 Å². The molecule has 28 heteroatoms. The molecule has 4 heterocycles. The van der Waals surface area contributed by atoms with E-state index >= 15 is 0 Å². The number of amides is 7. The molecule has 4 aliphatic rings. The first kappa shape index (κ1) is 73.9. The first-order valence-corrected chi connectivity index (χ1v) is 30.9. The van der Waals surface area contributed by atoms with Crippen molar-refractivity contribution in [2.45, 2.75) is 151 Å². The molecule has 5 rings (SSSR count). The predicted octanol–water partition coefficient (Wildman–Crippen LogP) is 1.85. The third kappa shape index (κ3) is 21.1. The van der Waals surface area contributed by atoms with Gasteiger partial charge in [0, 0.05) is 96.7 Å². The Morgan fingerprint density at radius 3 is 2.37 bits per heavy atom. The lowest BCUT2D eigenvalue weighted by atomic mass is 9.83. The molecular weight excluding hydrogens is 1200 g/mol. The van der Waals surface area contributed by atoms with Crippen molar-refractivity contribution in [3.8, 4) is 5.75 Å². The number of likely N-dealkylation sites (tertiary alicyclic amines) is 1. The normalized spacial score (nSPS) is 26.4. The molecule has 0 aromatic heterocycles. The van der Waals surface area contributed by atoms with Crippen LogP contribution in [0.2, 0.25) is 5.02 Å². The number of rotatable bonds is 30.